The Morgan fingerprint density at radius 2 is 1.85 bits per heavy atom. The van der Waals surface area contributed by atoms with Crippen LogP contribution in [-0.2, 0) is 24.1 Å². The number of aromatic nitrogens is 1. The first-order valence-electron chi connectivity index (χ1n) is 8.48. The molecule has 1 amide bonds. The second-order valence-corrected chi connectivity index (χ2v) is 6.36. The summed E-state index contributed by atoms with van der Waals surface area (Å²) in [7, 11) is 0. The molecule has 2 aromatic rings. The Labute approximate surface area is 150 Å². The lowest BCUT2D eigenvalue weighted by Gasteiger charge is -2.22. The van der Waals surface area contributed by atoms with Crippen molar-refractivity contribution >= 4 is 5.91 Å². The summed E-state index contributed by atoms with van der Waals surface area (Å²) in [6, 6.07) is 10.9. The molecule has 0 radical (unpaired) electrons. The normalized spacial score (nSPS) is 16.6. The van der Waals surface area contributed by atoms with Crippen LogP contribution in [0.25, 0.3) is 0 Å². The minimum Gasteiger partial charge on any atom is -0.335 e. The highest BCUT2D eigenvalue weighted by atomic mass is 19.4. The molecule has 1 aromatic heterocycles. The molecule has 0 unspecified atom stereocenters. The Kier molecular flexibility index (Phi) is 5.56. The van der Waals surface area contributed by atoms with Crippen LogP contribution in [0.5, 0.6) is 0 Å². The third-order valence-electron chi connectivity index (χ3n) is 4.42. The van der Waals surface area contributed by atoms with Crippen LogP contribution in [0.15, 0.2) is 48.7 Å². The predicted molar refractivity (Wildman–Crippen MR) is 91.0 cm³/mol. The van der Waals surface area contributed by atoms with Crippen molar-refractivity contribution in [2.45, 2.75) is 25.7 Å². The molecule has 1 aromatic carbocycles. The maximum Gasteiger partial charge on any atom is 0.416 e. The van der Waals surface area contributed by atoms with Crippen LogP contribution in [0.1, 0.15) is 23.2 Å². The minimum atomic E-state index is -4.34. The zero-order valence-electron chi connectivity index (χ0n) is 14.2. The van der Waals surface area contributed by atoms with Crippen LogP contribution in [-0.4, -0.2) is 40.3 Å². The fourth-order valence-electron chi connectivity index (χ4n) is 3.03. The van der Waals surface area contributed by atoms with Gasteiger partial charge in [0.1, 0.15) is 0 Å². The third kappa shape index (κ3) is 4.82. The van der Waals surface area contributed by atoms with Gasteiger partial charge in [-0.3, -0.25) is 14.7 Å². The molecular weight excluding hydrogens is 343 g/mol. The molecule has 26 heavy (non-hydrogen) atoms. The fraction of sp³-hybridized carbons (Fsp3) is 0.368. The van der Waals surface area contributed by atoms with Gasteiger partial charge in [0.05, 0.1) is 17.8 Å². The lowest BCUT2D eigenvalue weighted by Crippen LogP contribution is -2.33. The van der Waals surface area contributed by atoms with E-state index in [2.05, 4.69) is 4.98 Å². The summed E-state index contributed by atoms with van der Waals surface area (Å²) in [5.74, 6) is 0.0437. The third-order valence-corrected chi connectivity index (χ3v) is 4.42. The van der Waals surface area contributed by atoms with Gasteiger partial charge in [-0.25, -0.2) is 0 Å². The number of alkyl halides is 3. The summed E-state index contributed by atoms with van der Waals surface area (Å²) >= 11 is 0. The maximum absolute atomic E-state index is 12.9. The van der Waals surface area contributed by atoms with Crippen molar-refractivity contribution in [3.63, 3.8) is 0 Å². The van der Waals surface area contributed by atoms with Crippen molar-refractivity contribution in [2.24, 2.45) is 0 Å². The van der Waals surface area contributed by atoms with Gasteiger partial charge in [-0.15, -0.1) is 0 Å². The molecular formula is C19H20F3N3O. The van der Waals surface area contributed by atoms with Gasteiger partial charge in [-0.1, -0.05) is 24.3 Å². The Morgan fingerprint density at radius 1 is 1.00 bits per heavy atom. The molecule has 7 heteroatoms. The Hall–Kier alpha value is -2.41. The van der Waals surface area contributed by atoms with E-state index in [0.717, 1.165) is 11.8 Å². The van der Waals surface area contributed by atoms with Crippen molar-refractivity contribution < 1.29 is 18.0 Å². The van der Waals surface area contributed by atoms with E-state index in [9.17, 15) is 18.0 Å². The maximum atomic E-state index is 12.9. The van der Waals surface area contributed by atoms with E-state index in [-0.39, 0.29) is 5.91 Å². The molecule has 3 rings (SSSR count). The molecule has 0 aliphatic carbocycles. The van der Waals surface area contributed by atoms with Crippen LogP contribution in [0.2, 0.25) is 0 Å². The highest BCUT2D eigenvalue weighted by Gasteiger charge is 2.30. The number of hydrogen-bond donors (Lipinski definition) is 0. The van der Waals surface area contributed by atoms with E-state index in [4.69, 9.17) is 0 Å². The molecule has 1 aliphatic heterocycles. The number of carbonyl (C=O) groups excluding carboxylic acids is 1. The zero-order chi connectivity index (χ0) is 18.6. The zero-order valence-corrected chi connectivity index (χ0v) is 14.2. The Morgan fingerprint density at radius 3 is 2.58 bits per heavy atom. The monoisotopic (exact) mass is 363 g/mol. The smallest absolute Gasteiger partial charge is 0.335 e. The second kappa shape index (κ2) is 7.86. The van der Waals surface area contributed by atoms with Gasteiger partial charge in [0.25, 0.3) is 0 Å². The first kappa shape index (κ1) is 18.4. The van der Waals surface area contributed by atoms with Crippen LogP contribution in [0.3, 0.4) is 0 Å². The quantitative estimate of drug-likeness (QED) is 0.836. The number of rotatable bonds is 4. The largest absolute Gasteiger partial charge is 0.416 e. The highest BCUT2D eigenvalue weighted by Crippen LogP contribution is 2.29. The van der Waals surface area contributed by atoms with Gasteiger partial charge < -0.3 is 4.90 Å². The number of benzene rings is 1. The van der Waals surface area contributed by atoms with Gasteiger partial charge in [-0.05, 0) is 23.8 Å². The van der Waals surface area contributed by atoms with Gasteiger partial charge in [0, 0.05) is 38.8 Å². The molecule has 0 bridgehead atoms. The van der Waals surface area contributed by atoms with Crippen molar-refractivity contribution in [1.82, 2.24) is 14.8 Å². The number of amides is 1. The topological polar surface area (TPSA) is 36.4 Å². The number of hydrogen-bond acceptors (Lipinski definition) is 3. The summed E-state index contributed by atoms with van der Waals surface area (Å²) in [6.45, 7) is 2.54. The highest BCUT2D eigenvalue weighted by molar-refractivity contribution is 5.76. The molecule has 4 nitrogen and oxygen atoms in total. The van der Waals surface area contributed by atoms with E-state index < -0.39 is 11.7 Å². The number of halogens is 3. The van der Waals surface area contributed by atoms with Crippen molar-refractivity contribution in [2.75, 3.05) is 19.6 Å². The van der Waals surface area contributed by atoms with Crippen LogP contribution < -0.4 is 0 Å². The van der Waals surface area contributed by atoms with E-state index in [1.165, 1.54) is 12.1 Å². The molecule has 1 fully saturated rings. The molecule has 138 valence electrons. The van der Waals surface area contributed by atoms with Crippen LogP contribution >= 0.6 is 0 Å². The molecule has 0 N–H and O–H groups in total. The van der Waals surface area contributed by atoms with Crippen LogP contribution in [0, 0.1) is 0 Å². The van der Waals surface area contributed by atoms with Gasteiger partial charge in [0.2, 0.25) is 5.91 Å². The minimum absolute atomic E-state index is 0.0437. The second-order valence-electron chi connectivity index (χ2n) is 6.36. The molecule has 0 saturated carbocycles. The van der Waals surface area contributed by atoms with Gasteiger partial charge in [0.15, 0.2) is 0 Å². The standard InChI is InChI=1S/C19H20F3N3O/c20-19(21,22)16-5-3-4-15(12-16)13-24-9-7-18(26)25(11-10-24)14-17-6-1-2-8-23-17/h1-6,8,12H,7,9-11,13-14H2. The van der Waals surface area contributed by atoms with Crippen LogP contribution in [0.4, 0.5) is 13.2 Å². The van der Waals surface area contributed by atoms with Crippen molar-refractivity contribution in [3.05, 3.63) is 65.5 Å². The lowest BCUT2D eigenvalue weighted by molar-refractivity contribution is -0.137. The summed E-state index contributed by atoms with van der Waals surface area (Å²) in [5, 5.41) is 0. The average Bonchev–Trinajstić information content (AvgIpc) is 2.78. The molecule has 1 saturated heterocycles. The van der Waals surface area contributed by atoms with Crippen molar-refractivity contribution in [3.8, 4) is 0 Å². The Balaban J connectivity index is 1.62. The molecule has 2 heterocycles. The van der Waals surface area contributed by atoms with Gasteiger partial charge in [-0.2, -0.15) is 13.2 Å². The average molecular weight is 363 g/mol. The fourth-order valence-corrected chi connectivity index (χ4v) is 3.03. The summed E-state index contributed by atoms with van der Waals surface area (Å²) in [6.07, 6.45) is -2.30. The van der Waals surface area contributed by atoms with E-state index in [1.54, 1.807) is 17.2 Å². The molecule has 1 aliphatic rings. The predicted octanol–water partition coefficient (Wildman–Crippen LogP) is 3.33. The number of pyridine rings is 1. The van der Waals surface area contributed by atoms with Gasteiger partial charge >= 0.3 is 6.18 Å². The first-order valence-corrected chi connectivity index (χ1v) is 8.48. The SMILES string of the molecule is O=C1CCN(Cc2cccc(C(F)(F)F)c2)CCN1Cc1ccccn1. The summed E-state index contributed by atoms with van der Waals surface area (Å²) in [4.78, 5) is 20.3. The molecule has 0 atom stereocenters. The summed E-state index contributed by atoms with van der Waals surface area (Å²) in [5.41, 5.74) is 0.787. The van der Waals surface area contributed by atoms with Crippen molar-refractivity contribution in [1.29, 1.82) is 0 Å². The lowest BCUT2D eigenvalue weighted by atomic mass is 10.1. The summed E-state index contributed by atoms with van der Waals surface area (Å²) < 4.78 is 38.6. The van der Waals surface area contributed by atoms with E-state index >= 15 is 0 Å². The Bertz CT molecular complexity index is 749. The molecule has 0 spiro atoms. The van der Waals surface area contributed by atoms with E-state index in [1.807, 2.05) is 23.1 Å². The number of nitrogens with zero attached hydrogens (tertiary/aromatic N) is 3. The number of carbonyl (C=O) groups is 1. The first-order chi connectivity index (χ1) is 12.4. The van der Waals surface area contributed by atoms with E-state index in [0.29, 0.717) is 44.7 Å².